The Morgan fingerprint density at radius 1 is 1.53 bits per heavy atom. The highest BCUT2D eigenvalue weighted by Crippen LogP contribution is 2.27. The second-order valence-corrected chi connectivity index (χ2v) is 3.66. The Hall–Kier alpha value is -0.820. The lowest BCUT2D eigenvalue weighted by atomic mass is 10.0. The van der Waals surface area contributed by atoms with Gasteiger partial charge in [-0.05, 0) is 26.2 Å². The molecule has 0 aromatic heterocycles. The molecule has 0 aromatic rings. The Kier molecular flexibility index (Phi) is 4.54. The molecule has 0 aliphatic heterocycles. The van der Waals surface area contributed by atoms with Crippen molar-refractivity contribution in [2.24, 2.45) is 5.73 Å². The number of halogens is 3. The van der Waals surface area contributed by atoms with Crippen LogP contribution >= 0.6 is 0 Å². The molecule has 0 radical (unpaired) electrons. The van der Waals surface area contributed by atoms with Gasteiger partial charge in [0.05, 0.1) is 5.60 Å². The van der Waals surface area contributed by atoms with Crippen LogP contribution in [-0.2, 0) is 4.79 Å². The van der Waals surface area contributed by atoms with Crippen molar-refractivity contribution in [3.8, 4) is 0 Å². The first-order valence-electron chi connectivity index (χ1n) is 4.35. The van der Waals surface area contributed by atoms with E-state index < -0.39 is 17.7 Å². The lowest BCUT2D eigenvalue weighted by molar-refractivity contribution is -0.192. The average molecular weight is 229 g/mol. The fourth-order valence-corrected chi connectivity index (χ4v) is 1.18. The maximum absolute atomic E-state index is 10.6. The zero-order valence-electron chi connectivity index (χ0n) is 8.21. The van der Waals surface area contributed by atoms with Crippen molar-refractivity contribution in [3.63, 3.8) is 0 Å². The molecule has 2 atom stereocenters. The fourth-order valence-electron chi connectivity index (χ4n) is 1.18. The predicted octanol–water partition coefficient (Wildman–Crippen LogP) is 0.882. The van der Waals surface area contributed by atoms with Crippen LogP contribution in [0.5, 0.6) is 0 Å². The highest BCUT2D eigenvalue weighted by Gasteiger charge is 2.38. The molecule has 1 aliphatic rings. The lowest BCUT2D eigenvalue weighted by Gasteiger charge is -2.20. The smallest absolute Gasteiger partial charge is 0.475 e. The fraction of sp³-hybridized carbons (Fsp3) is 0.875. The lowest BCUT2D eigenvalue weighted by Crippen LogP contribution is -2.40. The van der Waals surface area contributed by atoms with Crippen molar-refractivity contribution in [1.29, 1.82) is 0 Å². The van der Waals surface area contributed by atoms with E-state index in [1.54, 1.807) is 0 Å². The minimum atomic E-state index is -5.08. The van der Waals surface area contributed by atoms with E-state index in [-0.39, 0.29) is 6.04 Å². The molecule has 1 fully saturated rings. The van der Waals surface area contributed by atoms with E-state index in [0.29, 0.717) is 0 Å². The van der Waals surface area contributed by atoms with E-state index in [0.717, 1.165) is 19.3 Å². The number of hydrogen-bond donors (Lipinski definition) is 3. The van der Waals surface area contributed by atoms with Crippen LogP contribution < -0.4 is 5.73 Å². The van der Waals surface area contributed by atoms with E-state index >= 15 is 0 Å². The topological polar surface area (TPSA) is 83.5 Å². The van der Waals surface area contributed by atoms with Crippen molar-refractivity contribution in [1.82, 2.24) is 0 Å². The predicted molar refractivity (Wildman–Crippen MR) is 46.1 cm³/mol. The molecule has 0 amide bonds. The highest BCUT2D eigenvalue weighted by molar-refractivity contribution is 5.73. The summed E-state index contributed by atoms with van der Waals surface area (Å²) in [6, 6.07) is 0.0162. The van der Waals surface area contributed by atoms with Gasteiger partial charge in [-0.15, -0.1) is 0 Å². The molecular formula is C8H14F3NO3. The molecule has 0 bridgehead atoms. The number of alkyl halides is 3. The van der Waals surface area contributed by atoms with E-state index in [1.807, 2.05) is 6.92 Å². The molecule has 4 N–H and O–H groups in total. The van der Waals surface area contributed by atoms with Crippen LogP contribution in [0.4, 0.5) is 13.2 Å². The maximum atomic E-state index is 10.6. The normalized spacial score (nSPS) is 30.7. The summed E-state index contributed by atoms with van der Waals surface area (Å²) in [7, 11) is 0. The van der Waals surface area contributed by atoms with Crippen LogP contribution in [0.2, 0.25) is 0 Å². The van der Waals surface area contributed by atoms with Crippen molar-refractivity contribution in [2.45, 2.75) is 44.0 Å². The summed E-state index contributed by atoms with van der Waals surface area (Å²) in [5.74, 6) is -2.76. The summed E-state index contributed by atoms with van der Waals surface area (Å²) in [5, 5.41) is 16.5. The minimum absolute atomic E-state index is 0.0162. The van der Waals surface area contributed by atoms with Gasteiger partial charge in [0.1, 0.15) is 0 Å². The number of aliphatic hydroxyl groups is 1. The first kappa shape index (κ1) is 14.2. The standard InChI is InChI=1S/C6H13NO.C2HF3O2/c1-6(8)4-2-3-5(6)7;3-2(4,5)1(6)7/h5,8H,2-4,7H2,1H3;(H,6,7). The van der Waals surface area contributed by atoms with Crippen LogP contribution in [0, 0.1) is 0 Å². The monoisotopic (exact) mass is 229 g/mol. The van der Waals surface area contributed by atoms with Crippen LogP contribution in [0.15, 0.2) is 0 Å². The second kappa shape index (κ2) is 4.80. The largest absolute Gasteiger partial charge is 0.490 e. The van der Waals surface area contributed by atoms with E-state index in [1.165, 1.54) is 0 Å². The van der Waals surface area contributed by atoms with Gasteiger partial charge in [0.15, 0.2) is 0 Å². The van der Waals surface area contributed by atoms with Gasteiger partial charge >= 0.3 is 12.1 Å². The zero-order valence-corrected chi connectivity index (χ0v) is 8.21. The van der Waals surface area contributed by atoms with Crippen molar-refractivity contribution < 1.29 is 28.2 Å². The third-order valence-electron chi connectivity index (χ3n) is 2.24. The van der Waals surface area contributed by atoms with Gasteiger partial charge in [0.2, 0.25) is 0 Å². The number of carboxylic acids is 1. The number of nitrogens with two attached hydrogens (primary N) is 1. The van der Waals surface area contributed by atoms with Crippen LogP contribution in [0.1, 0.15) is 26.2 Å². The molecule has 7 heteroatoms. The van der Waals surface area contributed by atoms with Gasteiger partial charge < -0.3 is 15.9 Å². The molecule has 90 valence electrons. The number of rotatable bonds is 0. The van der Waals surface area contributed by atoms with E-state index in [9.17, 15) is 18.3 Å². The summed E-state index contributed by atoms with van der Waals surface area (Å²) >= 11 is 0. The summed E-state index contributed by atoms with van der Waals surface area (Å²) in [6.45, 7) is 1.81. The van der Waals surface area contributed by atoms with Crippen molar-refractivity contribution in [2.75, 3.05) is 0 Å². The van der Waals surface area contributed by atoms with Crippen LogP contribution in [0.25, 0.3) is 0 Å². The Balaban J connectivity index is 0.000000265. The SMILES string of the molecule is CC1(O)CCCC1N.O=C(O)C(F)(F)F. The number of carboxylic acid groups (broad SMARTS) is 1. The molecular weight excluding hydrogens is 215 g/mol. The molecule has 15 heavy (non-hydrogen) atoms. The second-order valence-electron chi connectivity index (χ2n) is 3.66. The van der Waals surface area contributed by atoms with Gasteiger partial charge in [-0.25, -0.2) is 4.79 Å². The quantitative estimate of drug-likeness (QED) is 0.575. The molecule has 2 unspecified atom stereocenters. The van der Waals surface area contributed by atoms with Gasteiger partial charge in [0.25, 0.3) is 0 Å². The molecule has 4 nitrogen and oxygen atoms in total. The maximum Gasteiger partial charge on any atom is 0.490 e. The highest BCUT2D eigenvalue weighted by atomic mass is 19.4. The summed E-state index contributed by atoms with van der Waals surface area (Å²) in [5.41, 5.74) is 4.99. The number of aliphatic carboxylic acids is 1. The van der Waals surface area contributed by atoms with E-state index in [2.05, 4.69) is 0 Å². The molecule has 0 heterocycles. The zero-order chi connectivity index (χ0) is 12.3. The van der Waals surface area contributed by atoms with E-state index in [4.69, 9.17) is 15.6 Å². The minimum Gasteiger partial charge on any atom is -0.475 e. The number of carbonyl (C=O) groups is 1. The summed E-state index contributed by atoms with van der Waals surface area (Å²) in [6.07, 6.45) is -2.16. The third-order valence-corrected chi connectivity index (χ3v) is 2.24. The summed E-state index contributed by atoms with van der Waals surface area (Å²) in [4.78, 5) is 8.90. The molecule has 0 spiro atoms. The van der Waals surface area contributed by atoms with Crippen molar-refractivity contribution in [3.05, 3.63) is 0 Å². The Bertz CT molecular complexity index is 228. The van der Waals surface area contributed by atoms with Crippen LogP contribution in [0.3, 0.4) is 0 Å². The Labute approximate surface area is 84.9 Å². The average Bonchev–Trinajstić information content (AvgIpc) is 2.29. The van der Waals surface area contributed by atoms with Crippen LogP contribution in [-0.4, -0.2) is 34.0 Å². The number of hydrogen-bond acceptors (Lipinski definition) is 3. The third kappa shape index (κ3) is 4.98. The molecule has 0 saturated heterocycles. The summed E-state index contributed by atoms with van der Waals surface area (Å²) < 4.78 is 31.7. The first-order chi connectivity index (χ1) is 6.57. The molecule has 1 aliphatic carbocycles. The Morgan fingerprint density at radius 2 is 1.93 bits per heavy atom. The van der Waals surface area contributed by atoms with Gasteiger partial charge in [-0.3, -0.25) is 0 Å². The Morgan fingerprint density at radius 3 is 2.00 bits per heavy atom. The molecule has 1 saturated carbocycles. The van der Waals surface area contributed by atoms with Gasteiger partial charge in [0, 0.05) is 6.04 Å². The van der Waals surface area contributed by atoms with Gasteiger partial charge in [-0.1, -0.05) is 0 Å². The van der Waals surface area contributed by atoms with Gasteiger partial charge in [-0.2, -0.15) is 13.2 Å². The van der Waals surface area contributed by atoms with Crippen molar-refractivity contribution >= 4 is 5.97 Å². The first-order valence-corrected chi connectivity index (χ1v) is 4.35. The molecule has 0 aromatic carbocycles. The molecule has 1 rings (SSSR count).